The number of piperidine rings is 1. The summed E-state index contributed by atoms with van der Waals surface area (Å²) in [4.78, 5) is 13.2. The molecule has 1 aliphatic rings. The van der Waals surface area contributed by atoms with E-state index in [1.54, 1.807) is 24.5 Å². The van der Waals surface area contributed by atoms with Gasteiger partial charge in [0, 0.05) is 36.4 Å². The van der Waals surface area contributed by atoms with Crippen LogP contribution in [0, 0.1) is 0 Å². The number of aromatic nitrogens is 2. The Bertz CT molecular complexity index is 729. The summed E-state index contributed by atoms with van der Waals surface area (Å²) in [5.41, 5.74) is 0.163. The number of benzene rings is 1. The number of halogens is 3. The van der Waals surface area contributed by atoms with Crippen molar-refractivity contribution in [1.29, 1.82) is 0 Å². The molecule has 1 fully saturated rings. The maximum atomic E-state index is 13.2. The second kappa shape index (κ2) is 7.84. The topological polar surface area (TPSA) is 32.3 Å². The van der Waals surface area contributed by atoms with Crippen LogP contribution in [-0.4, -0.2) is 48.1 Å². The molecule has 26 heavy (non-hydrogen) atoms. The van der Waals surface area contributed by atoms with Crippen molar-refractivity contribution in [2.45, 2.75) is 35.1 Å². The van der Waals surface area contributed by atoms with Gasteiger partial charge in [0.15, 0.2) is 5.16 Å². The van der Waals surface area contributed by atoms with Gasteiger partial charge in [0.2, 0.25) is 0 Å². The van der Waals surface area contributed by atoms with Crippen molar-refractivity contribution in [2.24, 2.45) is 0 Å². The van der Waals surface area contributed by atoms with Crippen molar-refractivity contribution < 1.29 is 13.2 Å². The van der Waals surface area contributed by atoms with E-state index >= 15 is 0 Å². The molecule has 4 nitrogen and oxygen atoms in total. The molecule has 1 aliphatic heterocycles. The number of alkyl halides is 3. The molecule has 140 valence electrons. The van der Waals surface area contributed by atoms with Crippen LogP contribution in [0.3, 0.4) is 0 Å². The highest BCUT2D eigenvalue weighted by atomic mass is 32.2. The molecular weight excluding hydrogens is 361 g/mol. The molecule has 1 aromatic heterocycles. The molecule has 0 bridgehead atoms. The Balaban J connectivity index is 1.89. The molecule has 0 unspecified atom stereocenters. The number of rotatable bonds is 4. The standard InChI is InChI=1S/C18H21F3N4S/c1-24(2)14-6-10-25(11-7-14)15-5-4-13(18(19,20)21)12-16(15)26-17-22-8-3-9-23-17/h3-5,8-9,12,14H,6-7,10-11H2,1-2H3. The van der Waals surface area contributed by atoms with E-state index in [1.165, 1.54) is 17.8 Å². The van der Waals surface area contributed by atoms with E-state index in [0.717, 1.165) is 37.7 Å². The highest BCUT2D eigenvalue weighted by molar-refractivity contribution is 7.99. The Morgan fingerprint density at radius 3 is 2.35 bits per heavy atom. The highest BCUT2D eigenvalue weighted by Gasteiger charge is 2.32. The van der Waals surface area contributed by atoms with Gasteiger partial charge in [0.1, 0.15) is 0 Å². The molecule has 0 spiro atoms. The molecule has 0 amide bonds. The fourth-order valence-electron chi connectivity index (χ4n) is 3.09. The second-order valence-electron chi connectivity index (χ2n) is 6.50. The maximum Gasteiger partial charge on any atom is 0.416 e. The second-order valence-corrected chi connectivity index (χ2v) is 7.50. The predicted octanol–water partition coefficient (Wildman–Crippen LogP) is 4.18. The van der Waals surface area contributed by atoms with E-state index in [4.69, 9.17) is 0 Å². The number of hydrogen-bond donors (Lipinski definition) is 0. The number of hydrogen-bond acceptors (Lipinski definition) is 5. The summed E-state index contributed by atoms with van der Waals surface area (Å²) in [6.45, 7) is 1.63. The highest BCUT2D eigenvalue weighted by Crippen LogP contribution is 2.39. The van der Waals surface area contributed by atoms with E-state index in [9.17, 15) is 13.2 Å². The SMILES string of the molecule is CN(C)C1CCN(c2ccc(C(F)(F)F)cc2Sc2ncccn2)CC1. The van der Waals surface area contributed by atoms with Gasteiger partial charge in [0.05, 0.1) is 11.3 Å². The minimum Gasteiger partial charge on any atom is -0.371 e. The van der Waals surface area contributed by atoms with Crippen molar-refractivity contribution in [2.75, 3.05) is 32.1 Å². The van der Waals surface area contributed by atoms with Crippen LogP contribution in [0.25, 0.3) is 0 Å². The van der Waals surface area contributed by atoms with Crippen molar-refractivity contribution >= 4 is 17.4 Å². The summed E-state index contributed by atoms with van der Waals surface area (Å²) >= 11 is 1.17. The van der Waals surface area contributed by atoms with Crippen LogP contribution in [-0.2, 0) is 6.18 Å². The normalized spacial score (nSPS) is 16.3. The van der Waals surface area contributed by atoms with E-state index in [1.807, 2.05) is 0 Å². The summed E-state index contributed by atoms with van der Waals surface area (Å²) in [5.74, 6) is 0. The molecular formula is C18H21F3N4S. The fourth-order valence-corrected chi connectivity index (χ4v) is 4.00. The molecule has 8 heteroatoms. The molecule has 0 saturated carbocycles. The first-order valence-corrected chi connectivity index (χ1v) is 9.24. The quantitative estimate of drug-likeness (QED) is 0.741. The monoisotopic (exact) mass is 382 g/mol. The predicted molar refractivity (Wildman–Crippen MR) is 96.5 cm³/mol. The average Bonchev–Trinajstić information content (AvgIpc) is 2.62. The molecule has 0 N–H and O–H groups in total. The van der Waals surface area contributed by atoms with Gasteiger partial charge in [-0.1, -0.05) is 0 Å². The van der Waals surface area contributed by atoms with Gasteiger partial charge in [0.25, 0.3) is 0 Å². The first kappa shape index (κ1) is 19.0. The molecule has 2 aromatic rings. The van der Waals surface area contributed by atoms with Crippen molar-refractivity contribution in [3.05, 3.63) is 42.2 Å². The zero-order chi connectivity index (χ0) is 18.7. The van der Waals surface area contributed by atoms with Gasteiger partial charge in [-0.3, -0.25) is 0 Å². The van der Waals surface area contributed by atoms with Crippen LogP contribution in [0.15, 0.2) is 46.7 Å². The summed E-state index contributed by atoms with van der Waals surface area (Å²) < 4.78 is 39.5. The Kier molecular flexibility index (Phi) is 5.72. The van der Waals surface area contributed by atoms with Crippen molar-refractivity contribution in [1.82, 2.24) is 14.9 Å². The minimum atomic E-state index is -4.37. The average molecular weight is 382 g/mol. The fraction of sp³-hybridized carbons (Fsp3) is 0.444. The Morgan fingerprint density at radius 2 is 1.77 bits per heavy atom. The lowest BCUT2D eigenvalue weighted by atomic mass is 10.0. The molecule has 0 atom stereocenters. The van der Waals surface area contributed by atoms with Crippen molar-refractivity contribution in [3.63, 3.8) is 0 Å². The van der Waals surface area contributed by atoms with Crippen LogP contribution in [0.1, 0.15) is 18.4 Å². The lowest BCUT2D eigenvalue weighted by molar-refractivity contribution is -0.137. The lowest BCUT2D eigenvalue weighted by Gasteiger charge is -2.37. The van der Waals surface area contributed by atoms with Gasteiger partial charge < -0.3 is 9.80 Å². The summed E-state index contributed by atoms with van der Waals surface area (Å²) in [7, 11) is 4.12. The van der Waals surface area contributed by atoms with Gasteiger partial charge >= 0.3 is 6.18 Å². The van der Waals surface area contributed by atoms with Crippen molar-refractivity contribution in [3.8, 4) is 0 Å². The van der Waals surface area contributed by atoms with Crippen LogP contribution in [0.5, 0.6) is 0 Å². The molecule has 2 heterocycles. The Hall–Kier alpha value is -1.80. The zero-order valence-corrected chi connectivity index (χ0v) is 15.5. The van der Waals surface area contributed by atoms with E-state index in [2.05, 4.69) is 33.9 Å². The van der Waals surface area contributed by atoms with Crippen LogP contribution in [0.4, 0.5) is 18.9 Å². The van der Waals surface area contributed by atoms with Crippen LogP contribution < -0.4 is 4.90 Å². The number of anilines is 1. The third kappa shape index (κ3) is 4.48. The molecule has 1 aromatic carbocycles. The smallest absolute Gasteiger partial charge is 0.371 e. The molecule has 1 saturated heterocycles. The van der Waals surface area contributed by atoms with Gasteiger partial charge in [-0.2, -0.15) is 13.2 Å². The summed E-state index contributed by atoms with van der Waals surface area (Å²) in [6.07, 6.45) is 0.777. The maximum absolute atomic E-state index is 13.2. The molecule has 3 rings (SSSR count). The largest absolute Gasteiger partial charge is 0.416 e. The first-order valence-electron chi connectivity index (χ1n) is 8.42. The van der Waals surface area contributed by atoms with E-state index < -0.39 is 11.7 Å². The lowest BCUT2D eigenvalue weighted by Crippen LogP contribution is -2.42. The van der Waals surface area contributed by atoms with E-state index in [0.29, 0.717) is 16.1 Å². The Morgan fingerprint density at radius 1 is 1.12 bits per heavy atom. The summed E-state index contributed by atoms with van der Waals surface area (Å²) in [5, 5.41) is 0.441. The molecule has 0 aliphatic carbocycles. The molecule has 0 radical (unpaired) electrons. The minimum absolute atomic E-state index is 0.441. The zero-order valence-electron chi connectivity index (χ0n) is 14.7. The Labute approximate surface area is 155 Å². The van der Waals surface area contributed by atoms with Gasteiger partial charge in [-0.25, -0.2) is 9.97 Å². The first-order chi connectivity index (χ1) is 12.3. The van der Waals surface area contributed by atoms with Crippen LogP contribution >= 0.6 is 11.8 Å². The third-order valence-corrected chi connectivity index (χ3v) is 5.51. The van der Waals surface area contributed by atoms with Gasteiger partial charge in [-0.15, -0.1) is 0 Å². The number of nitrogens with zero attached hydrogens (tertiary/aromatic N) is 4. The van der Waals surface area contributed by atoms with Gasteiger partial charge in [-0.05, 0) is 63.0 Å². The summed E-state index contributed by atoms with van der Waals surface area (Å²) in [6, 6.07) is 6.12. The third-order valence-electron chi connectivity index (χ3n) is 4.57. The van der Waals surface area contributed by atoms with E-state index in [-0.39, 0.29) is 0 Å². The van der Waals surface area contributed by atoms with Crippen LogP contribution in [0.2, 0.25) is 0 Å².